The summed E-state index contributed by atoms with van der Waals surface area (Å²) < 4.78 is 2.57. The molecule has 0 radical (unpaired) electrons. The molecule has 0 saturated heterocycles. The van der Waals surface area contributed by atoms with Gasteiger partial charge in [-0.15, -0.1) is 11.3 Å². The molecule has 0 aliphatic carbocycles. The van der Waals surface area contributed by atoms with E-state index in [0.717, 1.165) is 22.6 Å². The van der Waals surface area contributed by atoms with Crippen LogP contribution in [0.1, 0.15) is 0 Å². The van der Waals surface area contributed by atoms with E-state index in [9.17, 15) is 0 Å². The first-order valence-electron chi connectivity index (χ1n) is 22.7. The number of nitrogens with zero attached hydrogens (tertiary/aromatic N) is 1. The number of hydrogen-bond donors (Lipinski definition) is 0. The lowest BCUT2D eigenvalue weighted by molar-refractivity contribution is 1.30. The Labute approximate surface area is 387 Å². The summed E-state index contributed by atoms with van der Waals surface area (Å²) in [6.07, 6.45) is 0. The van der Waals surface area contributed by atoms with Crippen molar-refractivity contribution < 1.29 is 0 Å². The Balaban J connectivity index is 0.985. The predicted octanol–water partition coefficient (Wildman–Crippen LogP) is 18.8. The van der Waals surface area contributed by atoms with Crippen molar-refractivity contribution >= 4 is 91.7 Å². The minimum Gasteiger partial charge on any atom is -0.310 e. The van der Waals surface area contributed by atoms with Crippen molar-refractivity contribution in [1.29, 1.82) is 0 Å². The fourth-order valence-corrected chi connectivity index (χ4v) is 11.5. The van der Waals surface area contributed by atoms with Gasteiger partial charge >= 0.3 is 0 Å². The molecule has 0 fully saturated rings. The molecule has 1 heterocycles. The summed E-state index contributed by atoms with van der Waals surface area (Å²) in [4.78, 5) is 2.46. The summed E-state index contributed by atoms with van der Waals surface area (Å²) in [5.41, 5.74) is 13.1. The fraction of sp³-hybridized carbons (Fsp3) is 0. The molecule has 0 aliphatic rings. The van der Waals surface area contributed by atoms with E-state index in [-0.39, 0.29) is 0 Å². The van der Waals surface area contributed by atoms with Crippen LogP contribution >= 0.6 is 11.3 Å². The van der Waals surface area contributed by atoms with Crippen molar-refractivity contribution in [2.24, 2.45) is 0 Å². The van der Waals surface area contributed by atoms with Crippen LogP contribution in [0.4, 0.5) is 17.1 Å². The Morgan fingerprint density at radius 1 is 0.258 bits per heavy atom. The van der Waals surface area contributed by atoms with E-state index in [1.165, 1.54) is 102 Å². The highest BCUT2D eigenvalue weighted by atomic mass is 32.1. The maximum absolute atomic E-state index is 2.46. The van der Waals surface area contributed by atoms with Crippen LogP contribution in [0.25, 0.3) is 108 Å². The lowest BCUT2D eigenvalue weighted by Crippen LogP contribution is -2.10. The summed E-state index contributed by atoms with van der Waals surface area (Å²) in [5, 5.41) is 12.6. The molecule has 1 nitrogen and oxygen atoms in total. The summed E-state index contributed by atoms with van der Waals surface area (Å²) >= 11 is 1.86. The highest BCUT2D eigenvalue weighted by Gasteiger charge is 2.21. The first kappa shape index (κ1) is 38.2. The second-order valence-electron chi connectivity index (χ2n) is 17.2. The van der Waals surface area contributed by atoms with Crippen molar-refractivity contribution in [3.63, 3.8) is 0 Å². The molecule has 13 rings (SSSR count). The minimum absolute atomic E-state index is 1.10. The van der Waals surface area contributed by atoms with Gasteiger partial charge in [0.2, 0.25) is 0 Å². The summed E-state index contributed by atoms with van der Waals surface area (Å²) in [5.74, 6) is 0. The molecule has 0 spiro atoms. The van der Waals surface area contributed by atoms with Gasteiger partial charge in [0.05, 0.1) is 5.69 Å². The molecule has 66 heavy (non-hydrogen) atoms. The normalized spacial score (nSPS) is 11.6. The van der Waals surface area contributed by atoms with Gasteiger partial charge in [0.25, 0.3) is 0 Å². The Bertz CT molecular complexity index is 3980. The zero-order valence-electron chi connectivity index (χ0n) is 36.0. The number of fused-ring (bicyclic) bond motifs is 9. The van der Waals surface area contributed by atoms with Crippen LogP contribution in [0, 0.1) is 0 Å². The summed E-state index contributed by atoms with van der Waals surface area (Å²) in [6, 6.07) is 91.6. The van der Waals surface area contributed by atoms with Gasteiger partial charge in [-0.3, -0.25) is 0 Å². The van der Waals surface area contributed by atoms with Crippen LogP contribution in [0.3, 0.4) is 0 Å². The van der Waals surface area contributed by atoms with E-state index in [1.54, 1.807) is 0 Å². The first-order valence-corrected chi connectivity index (χ1v) is 23.5. The smallest absolute Gasteiger partial charge is 0.0554 e. The van der Waals surface area contributed by atoms with Crippen molar-refractivity contribution in [2.45, 2.75) is 0 Å². The van der Waals surface area contributed by atoms with Gasteiger partial charge < -0.3 is 4.90 Å². The Kier molecular flexibility index (Phi) is 9.11. The Morgan fingerprint density at radius 2 is 0.788 bits per heavy atom. The van der Waals surface area contributed by atoms with Crippen LogP contribution in [-0.2, 0) is 0 Å². The first-order chi connectivity index (χ1) is 32.7. The van der Waals surface area contributed by atoms with Gasteiger partial charge in [0.1, 0.15) is 0 Å². The van der Waals surface area contributed by atoms with Gasteiger partial charge in [-0.25, -0.2) is 0 Å². The van der Waals surface area contributed by atoms with Gasteiger partial charge in [0, 0.05) is 31.5 Å². The number of anilines is 3. The van der Waals surface area contributed by atoms with Crippen molar-refractivity contribution in [3.8, 4) is 44.5 Å². The van der Waals surface area contributed by atoms with Crippen LogP contribution in [-0.4, -0.2) is 0 Å². The second kappa shape index (κ2) is 15.7. The molecule has 0 aliphatic heterocycles. The average Bonchev–Trinajstić information content (AvgIpc) is 3.78. The van der Waals surface area contributed by atoms with Crippen LogP contribution in [0.2, 0.25) is 0 Å². The molecule has 0 atom stereocenters. The third-order valence-corrected chi connectivity index (χ3v) is 14.5. The van der Waals surface area contributed by atoms with E-state index in [2.05, 4.69) is 254 Å². The zero-order chi connectivity index (χ0) is 43.6. The standard InChI is InChI=1S/C64H41NS/c1-3-16-44(17-4-1)62-56-24-10-9-23-54(56)55-38-34-48(41-58(55)63(62)45-18-5-2-6-19-45)46-20-13-21-51(40-46)65(59-26-14-28-61-64(59)57-25-11-12-27-60(57)66-61)50-35-31-42(32-36-50)47-33-37-53-49(39-47)30-29-43-15-7-8-22-52(43)53/h1-41H. The third kappa shape index (κ3) is 6.37. The van der Waals surface area contributed by atoms with E-state index < -0.39 is 0 Å². The summed E-state index contributed by atoms with van der Waals surface area (Å²) in [7, 11) is 0. The SMILES string of the molecule is c1ccc(-c2c(-c3ccccc3)c3cc(-c4cccc(N(c5ccc(-c6ccc7c(ccc8ccccc87)c6)cc5)c5cccc6sc7ccccc7c56)c4)ccc3c3ccccc23)cc1. The highest BCUT2D eigenvalue weighted by Crippen LogP contribution is 2.48. The van der Waals surface area contributed by atoms with Crippen molar-refractivity contribution in [2.75, 3.05) is 4.90 Å². The Hall–Kier alpha value is -8.30. The zero-order valence-corrected chi connectivity index (χ0v) is 36.8. The topological polar surface area (TPSA) is 3.24 Å². The monoisotopic (exact) mass is 855 g/mol. The summed E-state index contributed by atoms with van der Waals surface area (Å²) in [6.45, 7) is 0. The van der Waals surface area contributed by atoms with E-state index in [4.69, 9.17) is 0 Å². The van der Waals surface area contributed by atoms with E-state index >= 15 is 0 Å². The maximum atomic E-state index is 2.46. The predicted molar refractivity (Wildman–Crippen MR) is 286 cm³/mol. The molecular formula is C64H41NS. The van der Waals surface area contributed by atoms with Gasteiger partial charge in [-0.2, -0.15) is 0 Å². The molecule has 2 heteroatoms. The molecule has 1 aromatic heterocycles. The largest absolute Gasteiger partial charge is 0.310 e. The lowest BCUT2D eigenvalue weighted by Gasteiger charge is -2.27. The van der Waals surface area contributed by atoms with E-state index in [1.807, 2.05) is 11.3 Å². The Morgan fingerprint density at radius 3 is 1.58 bits per heavy atom. The fourth-order valence-electron chi connectivity index (χ4n) is 10.4. The molecule has 0 bridgehead atoms. The maximum Gasteiger partial charge on any atom is 0.0554 e. The van der Waals surface area contributed by atoms with Crippen molar-refractivity contribution in [1.82, 2.24) is 0 Å². The molecule has 0 unspecified atom stereocenters. The quantitative estimate of drug-likeness (QED) is 0.144. The highest BCUT2D eigenvalue weighted by molar-refractivity contribution is 7.26. The minimum atomic E-state index is 1.10. The van der Waals surface area contributed by atoms with Gasteiger partial charge in [0.15, 0.2) is 0 Å². The van der Waals surface area contributed by atoms with E-state index in [0.29, 0.717) is 0 Å². The molecule has 0 amide bonds. The number of hydrogen-bond acceptors (Lipinski definition) is 2. The number of thiophene rings is 1. The second-order valence-corrected chi connectivity index (χ2v) is 18.3. The van der Waals surface area contributed by atoms with Crippen LogP contribution in [0.15, 0.2) is 249 Å². The number of benzene rings is 12. The van der Waals surface area contributed by atoms with Gasteiger partial charge in [-0.05, 0) is 142 Å². The van der Waals surface area contributed by atoms with Crippen LogP contribution < -0.4 is 4.90 Å². The van der Waals surface area contributed by atoms with Crippen molar-refractivity contribution in [3.05, 3.63) is 249 Å². The molecule has 0 N–H and O–H groups in total. The number of rotatable bonds is 7. The molecule has 13 aromatic rings. The third-order valence-electron chi connectivity index (χ3n) is 13.4. The lowest BCUT2D eigenvalue weighted by atomic mass is 9.84. The molecular weight excluding hydrogens is 815 g/mol. The average molecular weight is 856 g/mol. The van der Waals surface area contributed by atoms with Gasteiger partial charge in [-0.1, -0.05) is 194 Å². The molecule has 0 saturated carbocycles. The van der Waals surface area contributed by atoms with Crippen LogP contribution in [0.5, 0.6) is 0 Å². The molecule has 12 aromatic carbocycles. The molecule has 308 valence electrons.